The van der Waals surface area contributed by atoms with Crippen LogP contribution < -0.4 is 0 Å². The Morgan fingerprint density at radius 2 is 2.16 bits per heavy atom. The predicted molar refractivity (Wildman–Crippen MR) is 76.5 cm³/mol. The molecule has 5 heteroatoms. The van der Waals surface area contributed by atoms with Crippen molar-refractivity contribution in [1.29, 1.82) is 0 Å². The third kappa shape index (κ3) is 3.54. The zero-order valence-corrected chi connectivity index (χ0v) is 11.4. The first kappa shape index (κ1) is 13.5. The molecular formula is C14H14N2O2S. The molecule has 1 heterocycles. The Hall–Kier alpha value is -1.88. The van der Waals surface area contributed by atoms with Gasteiger partial charge in [0.15, 0.2) is 0 Å². The standard InChI is InChI=1S/C14H14N2O2S/c1-19-13-6-7-14(16(17)18)12(9-13)5-4-11-3-2-8-15-10-11/h2-3,6-10H,4-5H2,1H3. The highest BCUT2D eigenvalue weighted by molar-refractivity contribution is 7.98. The molecule has 0 unspecified atom stereocenters. The highest BCUT2D eigenvalue weighted by Gasteiger charge is 2.13. The van der Waals surface area contributed by atoms with E-state index in [1.165, 1.54) is 0 Å². The van der Waals surface area contributed by atoms with E-state index in [0.717, 1.165) is 22.4 Å². The maximum absolute atomic E-state index is 11.0. The van der Waals surface area contributed by atoms with Crippen LogP contribution >= 0.6 is 11.8 Å². The summed E-state index contributed by atoms with van der Waals surface area (Å²) in [6.45, 7) is 0. The fourth-order valence-electron chi connectivity index (χ4n) is 1.89. The zero-order chi connectivity index (χ0) is 13.7. The Morgan fingerprint density at radius 1 is 1.32 bits per heavy atom. The minimum atomic E-state index is -0.317. The molecule has 0 aliphatic carbocycles. The molecule has 0 amide bonds. The topological polar surface area (TPSA) is 56.0 Å². The number of hydrogen-bond acceptors (Lipinski definition) is 4. The fraction of sp³-hybridized carbons (Fsp3) is 0.214. The van der Waals surface area contributed by atoms with Crippen LogP contribution in [0.4, 0.5) is 5.69 Å². The largest absolute Gasteiger partial charge is 0.272 e. The van der Waals surface area contributed by atoms with Crippen LogP contribution in [-0.4, -0.2) is 16.2 Å². The van der Waals surface area contributed by atoms with Gasteiger partial charge in [0.05, 0.1) is 4.92 Å². The van der Waals surface area contributed by atoms with Crippen molar-refractivity contribution >= 4 is 17.4 Å². The van der Waals surface area contributed by atoms with Gasteiger partial charge in [0.25, 0.3) is 5.69 Å². The van der Waals surface area contributed by atoms with Crippen molar-refractivity contribution in [3.63, 3.8) is 0 Å². The van der Waals surface area contributed by atoms with Gasteiger partial charge in [-0.15, -0.1) is 11.8 Å². The van der Waals surface area contributed by atoms with E-state index in [9.17, 15) is 10.1 Å². The van der Waals surface area contributed by atoms with Crippen LogP contribution in [0.2, 0.25) is 0 Å². The van der Waals surface area contributed by atoms with E-state index in [2.05, 4.69) is 4.98 Å². The monoisotopic (exact) mass is 274 g/mol. The van der Waals surface area contributed by atoms with Gasteiger partial charge in [0.2, 0.25) is 0 Å². The molecule has 19 heavy (non-hydrogen) atoms. The Labute approximate surface area is 116 Å². The van der Waals surface area contributed by atoms with Crippen LogP contribution in [0.5, 0.6) is 0 Å². The van der Waals surface area contributed by atoms with Crippen LogP contribution in [0.1, 0.15) is 11.1 Å². The summed E-state index contributed by atoms with van der Waals surface area (Å²) >= 11 is 1.59. The molecule has 0 aliphatic rings. The molecule has 0 atom stereocenters. The molecule has 2 aromatic rings. The van der Waals surface area contributed by atoms with E-state index in [1.807, 2.05) is 24.5 Å². The number of aromatic nitrogens is 1. The first-order valence-corrected chi connectivity index (χ1v) is 7.13. The molecule has 0 saturated heterocycles. The van der Waals surface area contributed by atoms with Gasteiger partial charge in [-0.3, -0.25) is 15.1 Å². The number of pyridine rings is 1. The Kier molecular flexibility index (Phi) is 4.52. The summed E-state index contributed by atoms with van der Waals surface area (Å²) in [4.78, 5) is 15.8. The van der Waals surface area contributed by atoms with E-state index in [-0.39, 0.29) is 10.6 Å². The zero-order valence-electron chi connectivity index (χ0n) is 10.6. The fourth-order valence-corrected chi connectivity index (χ4v) is 2.36. The van der Waals surface area contributed by atoms with Gasteiger partial charge in [-0.1, -0.05) is 6.07 Å². The van der Waals surface area contributed by atoms with Crippen molar-refractivity contribution in [1.82, 2.24) is 4.98 Å². The lowest BCUT2D eigenvalue weighted by Gasteiger charge is -2.05. The van der Waals surface area contributed by atoms with Gasteiger partial charge in [0.1, 0.15) is 0 Å². The van der Waals surface area contributed by atoms with Crippen molar-refractivity contribution in [2.24, 2.45) is 0 Å². The van der Waals surface area contributed by atoms with E-state index < -0.39 is 0 Å². The van der Waals surface area contributed by atoms with Crippen LogP contribution in [0, 0.1) is 10.1 Å². The van der Waals surface area contributed by atoms with E-state index >= 15 is 0 Å². The first-order chi connectivity index (χ1) is 9.20. The lowest BCUT2D eigenvalue weighted by Crippen LogP contribution is -1.98. The number of hydrogen-bond donors (Lipinski definition) is 0. The second-order valence-electron chi connectivity index (χ2n) is 4.11. The summed E-state index contributed by atoms with van der Waals surface area (Å²) in [7, 11) is 0. The third-order valence-corrected chi connectivity index (χ3v) is 3.61. The molecule has 0 bridgehead atoms. The summed E-state index contributed by atoms with van der Waals surface area (Å²) in [6.07, 6.45) is 6.89. The van der Waals surface area contributed by atoms with Crippen molar-refractivity contribution < 1.29 is 4.92 Å². The van der Waals surface area contributed by atoms with E-state index in [4.69, 9.17) is 0 Å². The predicted octanol–water partition coefficient (Wildman–Crippen LogP) is 3.50. The molecular weight excluding hydrogens is 260 g/mol. The average Bonchev–Trinajstić information content (AvgIpc) is 2.45. The van der Waals surface area contributed by atoms with Crippen LogP contribution in [0.3, 0.4) is 0 Å². The number of nitro groups is 1. The molecule has 4 nitrogen and oxygen atoms in total. The number of nitrogens with zero attached hydrogens (tertiary/aromatic N) is 2. The maximum Gasteiger partial charge on any atom is 0.272 e. The van der Waals surface area contributed by atoms with Crippen LogP contribution in [0.15, 0.2) is 47.6 Å². The summed E-state index contributed by atoms with van der Waals surface area (Å²) in [5, 5.41) is 11.0. The quantitative estimate of drug-likeness (QED) is 0.475. The van der Waals surface area contributed by atoms with Crippen molar-refractivity contribution in [3.8, 4) is 0 Å². The molecule has 0 saturated carbocycles. The SMILES string of the molecule is CSc1ccc([N+](=O)[O-])c(CCc2cccnc2)c1. The van der Waals surface area contributed by atoms with Crippen LogP contribution in [-0.2, 0) is 12.8 Å². The highest BCUT2D eigenvalue weighted by Crippen LogP contribution is 2.25. The average molecular weight is 274 g/mol. The third-order valence-electron chi connectivity index (χ3n) is 2.89. The lowest BCUT2D eigenvalue weighted by molar-refractivity contribution is -0.385. The van der Waals surface area contributed by atoms with Crippen molar-refractivity contribution in [3.05, 3.63) is 64.0 Å². The Bertz CT molecular complexity index is 573. The number of nitro benzene ring substituents is 1. The van der Waals surface area contributed by atoms with Gasteiger partial charge in [0, 0.05) is 28.9 Å². The summed E-state index contributed by atoms with van der Waals surface area (Å²) in [5.74, 6) is 0. The summed E-state index contributed by atoms with van der Waals surface area (Å²) in [5.41, 5.74) is 2.06. The number of thioether (sulfide) groups is 1. The second-order valence-corrected chi connectivity index (χ2v) is 4.99. The van der Waals surface area contributed by atoms with Crippen molar-refractivity contribution in [2.75, 3.05) is 6.26 Å². The first-order valence-electron chi connectivity index (χ1n) is 5.91. The number of benzene rings is 1. The van der Waals surface area contributed by atoms with Gasteiger partial charge < -0.3 is 0 Å². The molecule has 1 aromatic heterocycles. The summed E-state index contributed by atoms with van der Waals surface area (Å²) in [6, 6.07) is 9.14. The normalized spacial score (nSPS) is 10.4. The van der Waals surface area contributed by atoms with E-state index in [0.29, 0.717) is 6.42 Å². The molecule has 98 valence electrons. The molecule has 2 rings (SSSR count). The lowest BCUT2D eigenvalue weighted by atomic mass is 10.0. The minimum Gasteiger partial charge on any atom is -0.264 e. The Morgan fingerprint density at radius 3 is 2.79 bits per heavy atom. The van der Waals surface area contributed by atoms with Crippen LogP contribution in [0.25, 0.3) is 0 Å². The minimum absolute atomic E-state index is 0.196. The molecule has 0 radical (unpaired) electrons. The summed E-state index contributed by atoms with van der Waals surface area (Å²) < 4.78 is 0. The van der Waals surface area contributed by atoms with Gasteiger partial charge >= 0.3 is 0 Å². The van der Waals surface area contributed by atoms with Gasteiger partial charge in [-0.05, 0) is 42.9 Å². The number of aryl methyl sites for hydroxylation is 2. The molecule has 0 aliphatic heterocycles. The van der Waals surface area contributed by atoms with Crippen molar-refractivity contribution in [2.45, 2.75) is 17.7 Å². The number of rotatable bonds is 5. The molecule has 0 fully saturated rings. The smallest absolute Gasteiger partial charge is 0.264 e. The second kappa shape index (κ2) is 6.33. The molecule has 0 spiro atoms. The Balaban J connectivity index is 2.20. The van der Waals surface area contributed by atoms with Gasteiger partial charge in [-0.25, -0.2) is 0 Å². The van der Waals surface area contributed by atoms with Gasteiger partial charge in [-0.2, -0.15) is 0 Å². The maximum atomic E-state index is 11.0. The highest BCUT2D eigenvalue weighted by atomic mass is 32.2. The molecule has 0 N–H and O–H groups in total. The van der Waals surface area contributed by atoms with E-state index in [1.54, 1.807) is 36.3 Å². The molecule has 1 aromatic carbocycles.